The van der Waals surface area contributed by atoms with E-state index < -0.39 is 11.6 Å². The average Bonchev–Trinajstić information content (AvgIpc) is 3.33. The number of benzene rings is 1. The number of allylic oxidation sites excluding steroid dienone is 1. The second kappa shape index (κ2) is 15.3. The normalized spacial score (nSPS) is 14.1. The fraction of sp³-hybridized carbons (Fsp3) is 0.424. The number of hydrogen-bond acceptors (Lipinski definition) is 11. The molecule has 0 spiro atoms. The van der Waals surface area contributed by atoms with Crippen molar-refractivity contribution in [3.05, 3.63) is 77.4 Å². The van der Waals surface area contributed by atoms with Crippen molar-refractivity contribution >= 4 is 34.3 Å². The Morgan fingerprint density at radius 1 is 1.04 bits per heavy atom. The summed E-state index contributed by atoms with van der Waals surface area (Å²) < 4.78 is 13.6. The third-order valence-corrected chi connectivity index (χ3v) is 7.78. The first-order valence-corrected chi connectivity index (χ1v) is 15.7. The van der Waals surface area contributed by atoms with Crippen LogP contribution >= 0.6 is 0 Å². The van der Waals surface area contributed by atoms with Gasteiger partial charge in [-0.05, 0) is 56.7 Å². The molecule has 1 fully saturated rings. The van der Waals surface area contributed by atoms with Crippen molar-refractivity contribution in [3.63, 3.8) is 0 Å². The van der Waals surface area contributed by atoms with Gasteiger partial charge in [-0.25, -0.2) is 24.1 Å². The molecule has 47 heavy (non-hydrogen) atoms. The highest BCUT2D eigenvalue weighted by Crippen LogP contribution is 2.24. The van der Waals surface area contributed by atoms with Crippen molar-refractivity contribution in [2.24, 2.45) is 0 Å². The number of carbonyl (C=O) groups is 1. The number of nitrogens with one attached hydrogen (secondary N) is 1. The number of piperazine rings is 1. The number of pyridine rings is 1. The molecule has 1 saturated heterocycles. The van der Waals surface area contributed by atoms with Gasteiger partial charge in [-0.3, -0.25) is 9.69 Å². The summed E-state index contributed by atoms with van der Waals surface area (Å²) in [6, 6.07) is 13.4. The molecule has 4 aromatic rings. The molecule has 0 radical (unpaired) electrons. The monoisotopic (exact) mass is 646 g/mol. The Bertz CT molecular complexity index is 1720. The molecular formula is C33H42N8O6. The van der Waals surface area contributed by atoms with Gasteiger partial charge in [0.05, 0.1) is 25.5 Å². The largest absolute Gasteiger partial charge is 0.480 e. The van der Waals surface area contributed by atoms with Crippen molar-refractivity contribution in [1.82, 2.24) is 29.2 Å². The first-order valence-electron chi connectivity index (χ1n) is 15.7. The summed E-state index contributed by atoms with van der Waals surface area (Å²) in [6.45, 7) is 13.0. The van der Waals surface area contributed by atoms with Gasteiger partial charge in [-0.2, -0.15) is 4.98 Å². The van der Waals surface area contributed by atoms with E-state index in [9.17, 15) is 14.7 Å². The second-order valence-electron chi connectivity index (χ2n) is 11.8. The van der Waals surface area contributed by atoms with Crippen molar-refractivity contribution in [2.45, 2.75) is 32.4 Å². The van der Waals surface area contributed by atoms with Gasteiger partial charge in [0.2, 0.25) is 5.95 Å². The van der Waals surface area contributed by atoms with Gasteiger partial charge in [0.1, 0.15) is 17.6 Å². The standard InChI is InChI=1S/C33H42N8O6/c1-4-13-40-31(44)26-22-34-32(37-30(26)41(40)28-8-5-7-27(36-28)33(2,3)45)35-24-9-11-25(12-10-24)39-17-15-38(16-18-39)14-6-19-46-20-21-47-23-29(42)43/h4-5,7-12,22,45H,1,6,13-21,23H2,2-3H3,(H,42,43)(H,34,35,37). The van der Waals surface area contributed by atoms with Gasteiger partial charge in [0, 0.05) is 56.9 Å². The van der Waals surface area contributed by atoms with Crippen LogP contribution in [0.15, 0.2) is 66.1 Å². The van der Waals surface area contributed by atoms with E-state index in [2.05, 4.69) is 43.8 Å². The van der Waals surface area contributed by atoms with Crippen molar-refractivity contribution in [1.29, 1.82) is 0 Å². The van der Waals surface area contributed by atoms with Crippen LogP contribution in [-0.2, 0) is 26.4 Å². The van der Waals surface area contributed by atoms with E-state index in [4.69, 9.17) is 19.6 Å². The van der Waals surface area contributed by atoms with Gasteiger partial charge in [-0.15, -0.1) is 6.58 Å². The number of fused-ring (bicyclic) bond motifs is 1. The molecular weight excluding hydrogens is 604 g/mol. The maximum absolute atomic E-state index is 13.3. The molecule has 1 aromatic carbocycles. The lowest BCUT2D eigenvalue weighted by Gasteiger charge is -2.36. The van der Waals surface area contributed by atoms with E-state index in [-0.39, 0.29) is 25.3 Å². The van der Waals surface area contributed by atoms with Crippen LogP contribution in [-0.4, -0.2) is 105 Å². The van der Waals surface area contributed by atoms with Crippen molar-refractivity contribution in [3.8, 4) is 5.82 Å². The summed E-state index contributed by atoms with van der Waals surface area (Å²) >= 11 is 0. The Morgan fingerprint density at radius 3 is 2.49 bits per heavy atom. The van der Waals surface area contributed by atoms with Crippen LogP contribution in [0.1, 0.15) is 26.0 Å². The Morgan fingerprint density at radius 2 is 1.79 bits per heavy atom. The van der Waals surface area contributed by atoms with Crippen LogP contribution in [0.25, 0.3) is 16.9 Å². The fourth-order valence-corrected chi connectivity index (χ4v) is 5.37. The molecule has 4 heterocycles. The smallest absolute Gasteiger partial charge is 0.329 e. The third-order valence-electron chi connectivity index (χ3n) is 7.78. The highest BCUT2D eigenvalue weighted by atomic mass is 16.5. The van der Waals surface area contributed by atoms with Gasteiger partial charge in [0.25, 0.3) is 5.56 Å². The van der Waals surface area contributed by atoms with Crippen LogP contribution in [0.2, 0.25) is 0 Å². The summed E-state index contributed by atoms with van der Waals surface area (Å²) in [5.74, 6) is -0.199. The number of carboxylic acid groups (broad SMARTS) is 1. The van der Waals surface area contributed by atoms with Gasteiger partial charge < -0.3 is 29.9 Å². The first kappa shape index (κ1) is 33.7. The average molecular weight is 647 g/mol. The quantitative estimate of drug-likeness (QED) is 0.121. The molecule has 0 bridgehead atoms. The van der Waals surface area contributed by atoms with Gasteiger partial charge >= 0.3 is 5.97 Å². The Hall–Kier alpha value is -4.63. The molecule has 0 aliphatic carbocycles. The highest BCUT2D eigenvalue weighted by Gasteiger charge is 2.22. The Balaban J connectivity index is 1.20. The molecule has 5 rings (SSSR count). The van der Waals surface area contributed by atoms with Crippen LogP contribution < -0.4 is 15.8 Å². The summed E-state index contributed by atoms with van der Waals surface area (Å²) in [7, 11) is 0. The molecule has 1 aliphatic rings. The minimum Gasteiger partial charge on any atom is -0.480 e. The first-order chi connectivity index (χ1) is 22.6. The Labute approximate surface area is 272 Å². The number of carboxylic acids is 1. The van der Waals surface area contributed by atoms with E-state index in [0.29, 0.717) is 41.7 Å². The van der Waals surface area contributed by atoms with Crippen LogP contribution in [0.3, 0.4) is 0 Å². The van der Waals surface area contributed by atoms with Gasteiger partial charge in [-0.1, -0.05) is 12.1 Å². The number of anilines is 3. The molecule has 250 valence electrons. The van der Waals surface area contributed by atoms with E-state index in [0.717, 1.165) is 50.5 Å². The minimum absolute atomic E-state index is 0.240. The van der Waals surface area contributed by atoms with Crippen molar-refractivity contribution in [2.75, 3.05) is 69.4 Å². The number of aromatic nitrogens is 5. The maximum Gasteiger partial charge on any atom is 0.329 e. The number of aliphatic carboxylic acids is 1. The Kier molecular flexibility index (Phi) is 11.0. The van der Waals surface area contributed by atoms with Crippen LogP contribution in [0.4, 0.5) is 17.3 Å². The minimum atomic E-state index is -1.16. The van der Waals surface area contributed by atoms with Crippen LogP contribution in [0.5, 0.6) is 0 Å². The summed E-state index contributed by atoms with van der Waals surface area (Å²) in [6.07, 6.45) is 4.05. The number of hydrogen-bond donors (Lipinski definition) is 3. The SMILES string of the molecule is C=CCn1c(=O)c2cnc(Nc3ccc(N4CCN(CCCOCCOCC(=O)O)CC4)cc3)nc2n1-c1cccc(C(C)(C)O)n1. The zero-order valence-corrected chi connectivity index (χ0v) is 26.8. The number of rotatable bonds is 16. The lowest BCUT2D eigenvalue weighted by atomic mass is 10.1. The predicted molar refractivity (Wildman–Crippen MR) is 179 cm³/mol. The zero-order valence-electron chi connectivity index (χ0n) is 26.8. The predicted octanol–water partition coefficient (Wildman–Crippen LogP) is 2.76. The lowest BCUT2D eigenvalue weighted by molar-refractivity contribution is -0.142. The van der Waals surface area contributed by atoms with E-state index in [1.807, 2.05) is 12.1 Å². The molecule has 0 saturated carbocycles. The fourth-order valence-electron chi connectivity index (χ4n) is 5.37. The summed E-state index contributed by atoms with van der Waals surface area (Å²) in [4.78, 5) is 42.3. The molecule has 3 N–H and O–H groups in total. The molecule has 0 unspecified atom stereocenters. The zero-order chi connectivity index (χ0) is 33.4. The summed E-state index contributed by atoms with van der Waals surface area (Å²) in [5.41, 5.74) is 1.36. The second-order valence-corrected chi connectivity index (χ2v) is 11.8. The molecule has 14 heteroatoms. The highest BCUT2D eigenvalue weighted by molar-refractivity contribution is 5.77. The topological polar surface area (TPSA) is 160 Å². The number of aliphatic hydroxyl groups is 1. The molecule has 0 amide bonds. The number of nitrogens with zero attached hydrogens (tertiary/aromatic N) is 7. The van der Waals surface area contributed by atoms with Crippen LogP contribution in [0, 0.1) is 0 Å². The van der Waals surface area contributed by atoms with E-state index in [1.165, 1.54) is 10.9 Å². The molecule has 1 aliphatic heterocycles. The third kappa shape index (κ3) is 8.60. The number of ether oxygens (including phenoxy) is 2. The van der Waals surface area contributed by atoms with Gasteiger partial charge in [0.15, 0.2) is 11.5 Å². The molecule has 3 aromatic heterocycles. The van der Waals surface area contributed by atoms with E-state index in [1.54, 1.807) is 42.8 Å². The molecule has 0 atom stereocenters. The summed E-state index contributed by atoms with van der Waals surface area (Å²) in [5, 5.41) is 22.7. The van der Waals surface area contributed by atoms with Crippen molar-refractivity contribution < 1.29 is 24.5 Å². The molecule has 14 nitrogen and oxygen atoms in total. The lowest BCUT2D eigenvalue weighted by Crippen LogP contribution is -2.46. The maximum atomic E-state index is 13.3. The van der Waals surface area contributed by atoms with E-state index >= 15 is 0 Å².